The molecule has 1 aromatic carbocycles. The van der Waals surface area contributed by atoms with E-state index in [0.717, 1.165) is 33.5 Å². The number of carbonyl (C=O) groups is 1. The predicted molar refractivity (Wildman–Crippen MR) is 113 cm³/mol. The molecule has 2 aromatic heterocycles. The molecule has 29 heavy (non-hydrogen) atoms. The minimum absolute atomic E-state index is 0.266. The summed E-state index contributed by atoms with van der Waals surface area (Å²) >= 11 is 3.43. The van der Waals surface area contributed by atoms with Gasteiger partial charge in [0.25, 0.3) is 5.91 Å². The molecule has 1 aliphatic rings. The lowest BCUT2D eigenvalue weighted by molar-refractivity contribution is -0.125. The molecule has 1 aliphatic heterocycles. The standard InChI is InChI=1S/C20H21BrN6O2/c1-3-26-12-16(13(2)23-26)17-10-18(29-25-17)20(28)22-19-8-9-27(24-19)11-14-4-6-15(21)7-5-14/h4-9,12,18H,3,10-11H2,1-2H3,(H,22,24,28). The summed E-state index contributed by atoms with van der Waals surface area (Å²) in [4.78, 5) is 17.9. The molecule has 3 aromatic rings. The fourth-order valence-electron chi connectivity index (χ4n) is 3.14. The Labute approximate surface area is 176 Å². The van der Waals surface area contributed by atoms with Crippen LogP contribution in [0.4, 0.5) is 5.82 Å². The van der Waals surface area contributed by atoms with Crippen molar-refractivity contribution in [2.45, 2.75) is 39.5 Å². The molecule has 4 rings (SSSR count). The van der Waals surface area contributed by atoms with Crippen LogP contribution in [0, 0.1) is 6.92 Å². The van der Waals surface area contributed by atoms with Gasteiger partial charge in [-0.3, -0.25) is 14.2 Å². The van der Waals surface area contributed by atoms with Crippen LogP contribution in [0.15, 0.2) is 52.4 Å². The molecule has 0 saturated carbocycles. The summed E-state index contributed by atoms with van der Waals surface area (Å²) in [5.41, 5.74) is 3.65. The van der Waals surface area contributed by atoms with Crippen molar-refractivity contribution in [2.75, 3.05) is 5.32 Å². The van der Waals surface area contributed by atoms with Crippen LogP contribution >= 0.6 is 15.9 Å². The zero-order valence-electron chi connectivity index (χ0n) is 16.2. The first-order chi connectivity index (χ1) is 14.0. The first kappa shape index (κ1) is 19.4. The number of anilines is 1. The molecule has 0 bridgehead atoms. The van der Waals surface area contributed by atoms with Gasteiger partial charge in [0, 0.05) is 41.5 Å². The van der Waals surface area contributed by atoms with Crippen molar-refractivity contribution in [3.63, 3.8) is 0 Å². The first-order valence-corrected chi connectivity index (χ1v) is 10.2. The highest BCUT2D eigenvalue weighted by Gasteiger charge is 2.30. The number of carbonyl (C=O) groups excluding carboxylic acids is 1. The Morgan fingerprint density at radius 3 is 2.76 bits per heavy atom. The molecule has 0 radical (unpaired) electrons. The summed E-state index contributed by atoms with van der Waals surface area (Å²) in [6, 6.07) is 9.80. The SMILES string of the molecule is CCn1cc(C2=NOC(C(=O)Nc3ccn(Cc4ccc(Br)cc4)n3)C2)c(C)n1. The van der Waals surface area contributed by atoms with Gasteiger partial charge in [-0.25, -0.2) is 0 Å². The minimum Gasteiger partial charge on any atom is -0.382 e. The molecule has 1 amide bonds. The van der Waals surface area contributed by atoms with Gasteiger partial charge in [0.2, 0.25) is 6.10 Å². The second-order valence-electron chi connectivity index (χ2n) is 6.83. The van der Waals surface area contributed by atoms with Gasteiger partial charge in [-0.1, -0.05) is 33.2 Å². The summed E-state index contributed by atoms with van der Waals surface area (Å²) in [5, 5.41) is 15.7. The van der Waals surface area contributed by atoms with Gasteiger partial charge in [0.15, 0.2) is 5.82 Å². The summed E-state index contributed by atoms with van der Waals surface area (Å²) in [6.07, 6.45) is 3.49. The third-order valence-corrected chi connectivity index (χ3v) is 5.22. The molecule has 0 spiro atoms. The Kier molecular flexibility index (Phi) is 5.48. The number of nitrogens with one attached hydrogen (secondary N) is 1. The van der Waals surface area contributed by atoms with E-state index < -0.39 is 6.10 Å². The van der Waals surface area contributed by atoms with Gasteiger partial charge in [-0.05, 0) is 31.5 Å². The van der Waals surface area contributed by atoms with E-state index in [1.807, 2.05) is 55.2 Å². The van der Waals surface area contributed by atoms with Crippen molar-refractivity contribution in [3.8, 4) is 0 Å². The average molecular weight is 457 g/mol. The quantitative estimate of drug-likeness (QED) is 0.615. The molecule has 9 heteroatoms. The Morgan fingerprint density at radius 2 is 2.03 bits per heavy atom. The summed E-state index contributed by atoms with van der Waals surface area (Å²) in [5.74, 6) is 0.220. The first-order valence-electron chi connectivity index (χ1n) is 9.37. The van der Waals surface area contributed by atoms with Crippen molar-refractivity contribution < 1.29 is 9.63 Å². The lowest BCUT2D eigenvalue weighted by Crippen LogP contribution is -2.28. The molecule has 0 saturated heterocycles. The van der Waals surface area contributed by atoms with Gasteiger partial charge in [0.1, 0.15) is 0 Å². The number of rotatable bonds is 6. The third kappa shape index (κ3) is 4.40. The second kappa shape index (κ2) is 8.20. The Hall–Kier alpha value is -2.94. The number of halogens is 1. The molecular weight excluding hydrogens is 436 g/mol. The number of benzene rings is 1. The van der Waals surface area contributed by atoms with E-state index in [4.69, 9.17) is 4.84 Å². The minimum atomic E-state index is -0.675. The predicted octanol–water partition coefficient (Wildman–Crippen LogP) is 3.35. The maximum atomic E-state index is 12.6. The molecule has 8 nitrogen and oxygen atoms in total. The topological polar surface area (TPSA) is 86.3 Å². The fraction of sp³-hybridized carbons (Fsp3) is 0.300. The molecule has 1 N–H and O–H groups in total. The number of hydrogen-bond donors (Lipinski definition) is 1. The zero-order chi connectivity index (χ0) is 20.4. The van der Waals surface area contributed by atoms with E-state index in [-0.39, 0.29) is 5.91 Å². The molecule has 1 unspecified atom stereocenters. The molecule has 0 fully saturated rings. The lowest BCUT2D eigenvalue weighted by atomic mass is 10.1. The van der Waals surface area contributed by atoms with Gasteiger partial charge >= 0.3 is 0 Å². The summed E-state index contributed by atoms with van der Waals surface area (Å²) < 4.78 is 4.65. The number of nitrogens with zero attached hydrogens (tertiary/aromatic N) is 5. The van der Waals surface area contributed by atoms with Gasteiger partial charge in [0.05, 0.1) is 18.0 Å². The lowest BCUT2D eigenvalue weighted by Gasteiger charge is -2.07. The molecular formula is C20H21BrN6O2. The molecule has 1 atom stereocenters. The number of aromatic nitrogens is 4. The van der Waals surface area contributed by atoms with E-state index in [2.05, 4.69) is 36.6 Å². The largest absolute Gasteiger partial charge is 0.382 e. The van der Waals surface area contributed by atoms with Crippen LogP contribution in [0.3, 0.4) is 0 Å². The Balaban J connectivity index is 1.35. The molecule has 3 heterocycles. The van der Waals surface area contributed by atoms with Crippen LogP contribution in [0.5, 0.6) is 0 Å². The van der Waals surface area contributed by atoms with Crippen molar-refractivity contribution in [2.24, 2.45) is 5.16 Å². The number of amides is 1. The van der Waals surface area contributed by atoms with Gasteiger partial charge in [-0.2, -0.15) is 10.2 Å². The normalized spacial score (nSPS) is 15.8. The number of hydrogen-bond acceptors (Lipinski definition) is 5. The van der Waals surface area contributed by atoms with E-state index in [1.165, 1.54) is 0 Å². The zero-order valence-corrected chi connectivity index (χ0v) is 17.8. The van der Waals surface area contributed by atoms with E-state index in [0.29, 0.717) is 18.8 Å². The van der Waals surface area contributed by atoms with Gasteiger partial charge in [-0.15, -0.1) is 0 Å². The van der Waals surface area contributed by atoms with Gasteiger partial charge < -0.3 is 10.2 Å². The molecule has 0 aliphatic carbocycles. The highest BCUT2D eigenvalue weighted by Crippen LogP contribution is 2.20. The van der Waals surface area contributed by atoms with Crippen LogP contribution < -0.4 is 5.32 Å². The van der Waals surface area contributed by atoms with Crippen LogP contribution in [0.25, 0.3) is 0 Å². The third-order valence-electron chi connectivity index (χ3n) is 4.69. The smallest absolute Gasteiger partial charge is 0.269 e. The van der Waals surface area contributed by atoms with Crippen molar-refractivity contribution in [3.05, 3.63) is 64.0 Å². The highest BCUT2D eigenvalue weighted by atomic mass is 79.9. The van der Waals surface area contributed by atoms with Crippen LogP contribution in [-0.4, -0.2) is 37.3 Å². The summed E-state index contributed by atoms with van der Waals surface area (Å²) in [7, 11) is 0. The van der Waals surface area contributed by atoms with E-state index >= 15 is 0 Å². The highest BCUT2D eigenvalue weighted by molar-refractivity contribution is 9.10. The fourth-order valence-corrected chi connectivity index (χ4v) is 3.40. The Morgan fingerprint density at radius 1 is 1.24 bits per heavy atom. The monoisotopic (exact) mass is 456 g/mol. The van der Waals surface area contributed by atoms with Crippen molar-refractivity contribution >= 4 is 33.4 Å². The summed E-state index contributed by atoms with van der Waals surface area (Å²) in [6.45, 7) is 5.35. The van der Waals surface area contributed by atoms with Crippen LogP contribution in [0.2, 0.25) is 0 Å². The number of aryl methyl sites for hydroxylation is 2. The average Bonchev–Trinajstić information content (AvgIpc) is 3.43. The van der Waals surface area contributed by atoms with Crippen LogP contribution in [0.1, 0.15) is 30.2 Å². The Bertz CT molecular complexity index is 1050. The van der Waals surface area contributed by atoms with Crippen molar-refractivity contribution in [1.29, 1.82) is 0 Å². The molecule has 150 valence electrons. The van der Waals surface area contributed by atoms with Crippen molar-refractivity contribution in [1.82, 2.24) is 19.6 Å². The maximum absolute atomic E-state index is 12.6. The second-order valence-corrected chi connectivity index (χ2v) is 7.75. The number of oxime groups is 1. The maximum Gasteiger partial charge on any atom is 0.269 e. The van der Waals surface area contributed by atoms with E-state index in [1.54, 1.807) is 10.7 Å². The van der Waals surface area contributed by atoms with Crippen LogP contribution in [-0.2, 0) is 22.7 Å². The van der Waals surface area contributed by atoms with E-state index in [9.17, 15) is 4.79 Å².